The minimum absolute atomic E-state index is 0.0134. The predicted octanol–water partition coefficient (Wildman–Crippen LogP) is 2.42. The third kappa shape index (κ3) is 2.80. The van der Waals surface area contributed by atoms with Crippen molar-refractivity contribution in [2.24, 2.45) is 5.73 Å². The van der Waals surface area contributed by atoms with E-state index in [9.17, 15) is 4.79 Å². The number of carbonyl (C=O) groups is 1. The Morgan fingerprint density at radius 1 is 1.20 bits per heavy atom. The Hall–Kier alpha value is -1.55. The summed E-state index contributed by atoms with van der Waals surface area (Å²) in [6.45, 7) is 0.607. The maximum atomic E-state index is 12.5. The van der Waals surface area contributed by atoms with Crippen LogP contribution in [0.2, 0.25) is 0 Å². The van der Waals surface area contributed by atoms with E-state index in [4.69, 9.17) is 5.73 Å². The van der Waals surface area contributed by atoms with Gasteiger partial charge in [-0.25, -0.2) is 4.79 Å². The van der Waals surface area contributed by atoms with Crippen LogP contribution in [0.1, 0.15) is 37.7 Å². The van der Waals surface area contributed by atoms with Crippen molar-refractivity contribution in [1.29, 1.82) is 0 Å². The summed E-state index contributed by atoms with van der Waals surface area (Å²) in [5.74, 6) is 0. The van der Waals surface area contributed by atoms with Crippen molar-refractivity contribution in [1.82, 2.24) is 5.32 Å². The number of hydrogen-bond donors (Lipinski definition) is 2. The van der Waals surface area contributed by atoms with Crippen molar-refractivity contribution < 1.29 is 4.79 Å². The topological polar surface area (TPSA) is 58.4 Å². The lowest BCUT2D eigenvalue weighted by Crippen LogP contribution is -2.52. The van der Waals surface area contributed by atoms with Gasteiger partial charge in [0, 0.05) is 24.3 Å². The average molecular weight is 273 g/mol. The molecule has 1 unspecified atom stereocenters. The van der Waals surface area contributed by atoms with Gasteiger partial charge in [-0.15, -0.1) is 0 Å². The minimum Gasteiger partial charge on any atom is -0.335 e. The monoisotopic (exact) mass is 273 g/mol. The maximum absolute atomic E-state index is 12.5. The van der Waals surface area contributed by atoms with Crippen molar-refractivity contribution in [3.8, 4) is 0 Å². The largest absolute Gasteiger partial charge is 0.335 e. The van der Waals surface area contributed by atoms with Gasteiger partial charge in [0.1, 0.15) is 0 Å². The number of hydrogen-bond acceptors (Lipinski definition) is 2. The number of carbonyl (C=O) groups excluding carboxylic acids is 1. The third-order valence-corrected chi connectivity index (χ3v) is 4.36. The Kier molecular flexibility index (Phi) is 3.92. The molecule has 2 aliphatic rings. The number of anilines is 1. The van der Waals surface area contributed by atoms with Gasteiger partial charge in [-0.2, -0.15) is 0 Å². The fourth-order valence-electron chi connectivity index (χ4n) is 3.32. The van der Waals surface area contributed by atoms with E-state index in [1.54, 1.807) is 0 Å². The summed E-state index contributed by atoms with van der Waals surface area (Å²) >= 11 is 0. The SMILES string of the molecule is NC1Cc2ccccc2N(C(=O)NC2CCCCC2)C1. The minimum atomic E-state index is 0.0134. The lowest BCUT2D eigenvalue weighted by molar-refractivity contribution is 0.237. The number of nitrogens with zero attached hydrogens (tertiary/aromatic N) is 1. The highest BCUT2D eigenvalue weighted by atomic mass is 16.2. The highest BCUT2D eigenvalue weighted by Crippen LogP contribution is 2.27. The molecular formula is C16H23N3O. The highest BCUT2D eigenvalue weighted by molar-refractivity contribution is 5.93. The Balaban J connectivity index is 1.74. The zero-order chi connectivity index (χ0) is 13.9. The number of benzene rings is 1. The number of fused-ring (bicyclic) bond motifs is 1. The summed E-state index contributed by atoms with van der Waals surface area (Å²) in [5, 5.41) is 3.18. The molecule has 0 aromatic heterocycles. The number of amides is 2. The summed E-state index contributed by atoms with van der Waals surface area (Å²) < 4.78 is 0. The molecule has 1 aliphatic heterocycles. The molecule has 4 nitrogen and oxygen atoms in total. The molecule has 0 saturated heterocycles. The van der Waals surface area contributed by atoms with E-state index in [1.807, 2.05) is 23.1 Å². The molecule has 0 radical (unpaired) electrons. The molecule has 1 heterocycles. The first-order valence-corrected chi connectivity index (χ1v) is 7.65. The summed E-state index contributed by atoms with van der Waals surface area (Å²) in [4.78, 5) is 14.4. The van der Waals surface area contributed by atoms with Gasteiger partial charge in [0.05, 0.1) is 0 Å². The molecule has 1 aliphatic carbocycles. The van der Waals surface area contributed by atoms with Crippen LogP contribution in [0.15, 0.2) is 24.3 Å². The molecular weight excluding hydrogens is 250 g/mol. The summed E-state index contributed by atoms with van der Waals surface area (Å²) in [5.41, 5.74) is 8.28. The van der Waals surface area contributed by atoms with Gasteiger partial charge in [-0.3, -0.25) is 4.90 Å². The second-order valence-electron chi connectivity index (χ2n) is 5.99. The normalized spacial score (nSPS) is 23.2. The summed E-state index contributed by atoms with van der Waals surface area (Å²) in [6.07, 6.45) is 6.80. The number of para-hydroxylation sites is 1. The van der Waals surface area contributed by atoms with Crippen molar-refractivity contribution in [2.75, 3.05) is 11.4 Å². The molecule has 1 fully saturated rings. The molecule has 1 saturated carbocycles. The molecule has 20 heavy (non-hydrogen) atoms. The number of nitrogens with one attached hydrogen (secondary N) is 1. The van der Waals surface area contributed by atoms with Gasteiger partial charge in [0.2, 0.25) is 0 Å². The first-order chi connectivity index (χ1) is 9.74. The molecule has 108 valence electrons. The molecule has 0 spiro atoms. The van der Waals surface area contributed by atoms with E-state index in [0.29, 0.717) is 12.6 Å². The van der Waals surface area contributed by atoms with E-state index in [-0.39, 0.29) is 12.1 Å². The third-order valence-electron chi connectivity index (χ3n) is 4.36. The fourth-order valence-corrected chi connectivity index (χ4v) is 3.32. The Labute approximate surface area is 120 Å². The van der Waals surface area contributed by atoms with E-state index >= 15 is 0 Å². The zero-order valence-electron chi connectivity index (χ0n) is 11.8. The Morgan fingerprint density at radius 2 is 1.95 bits per heavy atom. The van der Waals surface area contributed by atoms with Crippen LogP contribution in [-0.2, 0) is 6.42 Å². The van der Waals surface area contributed by atoms with Crippen LogP contribution < -0.4 is 16.0 Å². The van der Waals surface area contributed by atoms with Gasteiger partial charge in [-0.05, 0) is 30.9 Å². The van der Waals surface area contributed by atoms with E-state index in [0.717, 1.165) is 24.9 Å². The van der Waals surface area contributed by atoms with Crippen molar-refractivity contribution in [2.45, 2.75) is 50.6 Å². The zero-order valence-corrected chi connectivity index (χ0v) is 11.8. The summed E-state index contributed by atoms with van der Waals surface area (Å²) in [6, 6.07) is 8.45. The van der Waals surface area contributed by atoms with Crippen molar-refractivity contribution in [3.63, 3.8) is 0 Å². The second kappa shape index (κ2) is 5.83. The van der Waals surface area contributed by atoms with Gasteiger partial charge in [-0.1, -0.05) is 37.5 Å². The predicted molar refractivity (Wildman–Crippen MR) is 80.9 cm³/mol. The molecule has 1 aromatic rings. The van der Waals surface area contributed by atoms with Crippen LogP contribution in [0.5, 0.6) is 0 Å². The van der Waals surface area contributed by atoms with Crippen molar-refractivity contribution in [3.05, 3.63) is 29.8 Å². The average Bonchev–Trinajstić information content (AvgIpc) is 2.47. The van der Waals surface area contributed by atoms with E-state index in [2.05, 4.69) is 11.4 Å². The van der Waals surface area contributed by atoms with Gasteiger partial charge < -0.3 is 11.1 Å². The van der Waals surface area contributed by atoms with Crippen LogP contribution in [0.4, 0.5) is 10.5 Å². The number of nitrogens with two attached hydrogens (primary N) is 1. The van der Waals surface area contributed by atoms with Gasteiger partial charge in [0.25, 0.3) is 0 Å². The first kappa shape index (κ1) is 13.4. The molecule has 2 amide bonds. The lowest BCUT2D eigenvalue weighted by Gasteiger charge is -2.34. The fraction of sp³-hybridized carbons (Fsp3) is 0.562. The maximum Gasteiger partial charge on any atom is 0.322 e. The number of urea groups is 1. The van der Waals surface area contributed by atoms with Crippen LogP contribution in [0, 0.1) is 0 Å². The molecule has 0 bridgehead atoms. The summed E-state index contributed by atoms with van der Waals surface area (Å²) in [7, 11) is 0. The molecule has 3 N–H and O–H groups in total. The Bertz CT molecular complexity index is 482. The van der Waals surface area contributed by atoms with Crippen molar-refractivity contribution >= 4 is 11.7 Å². The Morgan fingerprint density at radius 3 is 2.75 bits per heavy atom. The van der Waals surface area contributed by atoms with Gasteiger partial charge in [0.15, 0.2) is 0 Å². The highest BCUT2D eigenvalue weighted by Gasteiger charge is 2.27. The lowest BCUT2D eigenvalue weighted by atomic mass is 9.95. The smallest absolute Gasteiger partial charge is 0.322 e. The van der Waals surface area contributed by atoms with Crippen LogP contribution in [0.3, 0.4) is 0 Å². The van der Waals surface area contributed by atoms with Gasteiger partial charge >= 0.3 is 6.03 Å². The molecule has 1 atom stereocenters. The van der Waals surface area contributed by atoms with E-state index in [1.165, 1.54) is 24.8 Å². The van der Waals surface area contributed by atoms with E-state index < -0.39 is 0 Å². The first-order valence-electron chi connectivity index (χ1n) is 7.65. The van der Waals surface area contributed by atoms with Crippen LogP contribution in [0.25, 0.3) is 0 Å². The number of rotatable bonds is 1. The molecule has 3 rings (SSSR count). The quantitative estimate of drug-likeness (QED) is 0.825. The standard InChI is InChI=1S/C16H23N3O/c17-13-10-12-6-4-5-9-15(12)19(11-13)16(20)18-14-7-2-1-3-8-14/h4-6,9,13-14H,1-3,7-8,10-11,17H2,(H,18,20). The van der Waals surface area contributed by atoms with Crippen LogP contribution >= 0.6 is 0 Å². The second-order valence-corrected chi connectivity index (χ2v) is 5.99. The molecule has 1 aromatic carbocycles. The van der Waals surface area contributed by atoms with Crippen LogP contribution in [-0.4, -0.2) is 24.7 Å². The molecule has 4 heteroatoms.